The summed E-state index contributed by atoms with van der Waals surface area (Å²) in [6.45, 7) is 0. The van der Waals surface area contributed by atoms with E-state index in [2.05, 4.69) is 9.97 Å². The summed E-state index contributed by atoms with van der Waals surface area (Å²) < 4.78 is 42.9. The molecule has 4 rings (SSSR count). The predicted octanol–water partition coefficient (Wildman–Crippen LogP) is 5.89. The summed E-state index contributed by atoms with van der Waals surface area (Å²) in [4.78, 5) is 8.67. The van der Waals surface area contributed by atoms with Gasteiger partial charge in [-0.25, -0.2) is 23.1 Å². The van der Waals surface area contributed by atoms with Crippen molar-refractivity contribution < 1.29 is 13.2 Å². The lowest BCUT2D eigenvalue weighted by atomic mass is 10.1. The highest BCUT2D eigenvalue weighted by molar-refractivity contribution is 5.72. The summed E-state index contributed by atoms with van der Waals surface area (Å²) in [5.74, 6) is -1.40. The van der Waals surface area contributed by atoms with E-state index < -0.39 is 17.5 Å². The van der Waals surface area contributed by atoms with Gasteiger partial charge in [-0.1, -0.05) is 36.4 Å². The van der Waals surface area contributed by atoms with Crippen molar-refractivity contribution in [3.05, 3.63) is 96.3 Å². The molecule has 0 aliphatic heterocycles. The topological polar surface area (TPSA) is 25.8 Å². The highest BCUT2D eigenvalue weighted by Crippen LogP contribution is 2.30. The third kappa shape index (κ3) is 3.31. The van der Waals surface area contributed by atoms with Gasteiger partial charge in [0.25, 0.3) is 0 Å². The molecule has 2 nitrogen and oxygen atoms in total. The highest BCUT2D eigenvalue weighted by Gasteiger charge is 2.16. The van der Waals surface area contributed by atoms with E-state index in [1.165, 1.54) is 30.3 Å². The molecule has 27 heavy (non-hydrogen) atoms. The van der Waals surface area contributed by atoms with Crippen molar-refractivity contribution in [1.29, 1.82) is 0 Å². The molecule has 0 aliphatic carbocycles. The third-order valence-corrected chi connectivity index (χ3v) is 4.14. The smallest absolute Gasteiger partial charge is 0.163 e. The van der Waals surface area contributed by atoms with E-state index in [0.717, 1.165) is 0 Å². The van der Waals surface area contributed by atoms with Gasteiger partial charge in [0.15, 0.2) is 5.82 Å². The summed E-state index contributed by atoms with van der Waals surface area (Å²) in [7, 11) is 0. The molecule has 0 saturated heterocycles. The van der Waals surface area contributed by atoms with Crippen LogP contribution in [0.15, 0.2) is 78.9 Å². The summed E-state index contributed by atoms with van der Waals surface area (Å²) >= 11 is 0. The number of halogens is 3. The lowest BCUT2D eigenvalue weighted by Gasteiger charge is -2.10. The van der Waals surface area contributed by atoms with Crippen LogP contribution in [0.25, 0.3) is 33.9 Å². The fourth-order valence-corrected chi connectivity index (χ4v) is 2.82. The zero-order valence-corrected chi connectivity index (χ0v) is 14.0. The molecule has 132 valence electrons. The van der Waals surface area contributed by atoms with Crippen LogP contribution in [0.3, 0.4) is 0 Å². The van der Waals surface area contributed by atoms with Crippen molar-refractivity contribution in [2.45, 2.75) is 0 Å². The molecule has 0 spiro atoms. The average molecular weight is 362 g/mol. The van der Waals surface area contributed by atoms with Crippen LogP contribution in [-0.4, -0.2) is 9.97 Å². The second kappa shape index (κ2) is 7.03. The molecule has 4 aromatic rings. The van der Waals surface area contributed by atoms with Gasteiger partial charge in [-0.3, -0.25) is 0 Å². The molecule has 0 saturated carbocycles. The van der Waals surface area contributed by atoms with Gasteiger partial charge in [-0.05, 0) is 42.5 Å². The normalized spacial score (nSPS) is 10.8. The van der Waals surface area contributed by atoms with Crippen LogP contribution in [0.5, 0.6) is 0 Å². The second-order valence-corrected chi connectivity index (χ2v) is 5.90. The molecule has 0 aliphatic rings. The van der Waals surface area contributed by atoms with Gasteiger partial charge in [0.05, 0.1) is 17.0 Å². The number of rotatable bonds is 3. The Bertz CT molecular complexity index is 972. The van der Waals surface area contributed by atoms with Crippen molar-refractivity contribution >= 4 is 0 Å². The minimum absolute atomic E-state index is 0.0621. The monoisotopic (exact) mass is 362 g/mol. The Labute approximate surface area is 154 Å². The molecule has 1 aromatic heterocycles. The van der Waals surface area contributed by atoms with Crippen LogP contribution in [0.2, 0.25) is 0 Å². The van der Waals surface area contributed by atoms with E-state index in [0.29, 0.717) is 0 Å². The SMILES string of the molecule is Fc1ccccc1-c1cc(-c2ccccc2F)nc(-c2ccccc2F)n1. The number of aromatic nitrogens is 2. The molecule has 0 bridgehead atoms. The van der Waals surface area contributed by atoms with Crippen LogP contribution in [0.4, 0.5) is 13.2 Å². The Morgan fingerprint density at radius 1 is 0.481 bits per heavy atom. The Morgan fingerprint density at radius 2 is 0.852 bits per heavy atom. The standard InChI is InChI=1S/C22H13F3N2/c23-17-10-4-1-7-14(17)20-13-21(15-8-2-5-11-18(15)24)27-22(26-20)16-9-3-6-12-19(16)25/h1-13H. The molecule has 3 aromatic carbocycles. The van der Waals surface area contributed by atoms with Gasteiger partial charge in [0.1, 0.15) is 17.5 Å². The summed E-state index contributed by atoms with van der Waals surface area (Å²) in [5.41, 5.74) is 1.12. The average Bonchev–Trinajstić information content (AvgIpc) is 2.69. The zero-order valence-electron chi connectivity index (χ0n) is 14.0. The van der Waals surface area contributed by atoms with Crippen molar-refractivity contribution in [3.63, 3.8) is 0 Å². The van der Waals surface area contributed by atoms with Gasteiger partial charge in [-0.2, -0.15) is 0 Å². The van der Waals surface area contributed by atoms with Gasteiger partial charge < -0.3 is 0 Å². The first-order valence-corrected chi connectivity index (χ1v) is 8.27. The largest absolute Gasteiger partial charge is 0.228 e. The number of benzene rings is 3. The number of nitrogens with zero attached hydrogens (tertiary/aromatic N) is 2. The van der Waals surface area contributed by atoms with Gasteiger partial charge in [0.2, 0.25) is 0 Å². The Kier molecular flexibility index (Phi) is 4.42. The first kappa shape index (κ1) is 17.0. The van der Waals surface area contributed by atoms with Crippen LogP contribution >= 0.6 is 0 Å². The van der Waals surface area contributed by atoms with E-state index in [1.807, 2.05) is 0 Å². The van der Waals surface area contributed by atoms with Crippen molar-refractivity contribution in [1.82, 2.24) is 9.97 Å². The maximum atomic E-state index is 14.3. The molecule has 1 heterocycles. The summed E-state index contributed by atoms with van der Waals surface area (Å²) in [6, 6.07) is 19.7. The molecule has 0 atom stereocenters. The number of hydrogen-bond acceptors (Lipinski definition) is 2. The predicted molar refractivity (Wildman–Crippen MR) is 98.2 cm³/mol. The van der Waals surface area contributed by atoms with E-state index in [9.17, 15) is 13.2 Å². The van der Waals surface area contributed by atoms with Crippen molar-refractivity contribution in [2.24, 2.45) is 0 Å². The quantitative estimate of drug-likeness (QED) is 0.454. The molecular formula is C22H13F3N2. The summed E-state index contributed by atoms with van der Waals surface area (Å²) in [5, 5.41) is 0. The highest BCUT2D eigenvalue weighted by atomic mass is 19.1. The fraction of sp³-hybridized carbons (Fsp3) is 0. The lowest BCUT2D eigenvalue weighted by molar-refractivity contribution is 0.628. The van der Waals surface area contributed by atoms with E-state index in [4.69, 9.17) is 0 Å². The van der Waals surface area contributed by atoms with Gasteiger partial charge >= 0.3 is 0 Å². The van der Waals surface area contributed by atoms with E-state index in [1.54, 1.807) is 48.5 Å². The Morgan fingerprint density at radius 3 is 1.26 bits per heavy atom. The van der Waals surface area contributed by atoms with Crippen LogP contribution < -0.4 is 0 Å². The first-order valence-electron chi connectivity index (χ1n) is 8.27. The van der Waals surface area contributed by atoms with Crippen LogP contribution in [-0.2, 0) is 0 Å². The Hall–Kier alpha value is -3.47. The van der Waals surface area contributed by atoms with Crippen LogP contribution in [0, 0.1) is 17.5 Å². The first-order chi connectivity index (χ1) is 13.1. The van der Waals surface area contributed by atoms with Crippen molar-refractivity contribution in [2.75, 3.05) is 0 Å². The number of hydrogen-bond donors (Lipinski definition) is 0. The maximum absolute atomic E-state index is 14.3. The fourth-order valence-electron chi connectivity index (χ4n) is 2.82. The molecule has 0 radical (unpaired) electrons. The van der Waals surface area contributed by atoms with Gasteiger partial charge in [0, 0.05) is 11.1 Å². The van der Waals surface area contributed by atoms with Gasteiger partial charge in [-0.15, -0.1) is 0 Å². The molecule has 0 amide bonds. The van der Waals surface area contributed by atoms with Crippen molar-refractivity contribution in [3.8, 4) is 33.9 Å². The second-order valence-electron chi connectivity index (χ2n) is 5.90. The maximum Gasteiger partial charge on any atom is 0.163 e. The third-order valence-electron chi connectivity index (χ3n) is 4.14. The molecule has 0 unspecified atom stereocenters. The molecule has 0 fully saturated rings. The lowest BCUT2D eigenvalue weighted by Crippen LogP contribution is -1.99. The minimum atomic E-state index is -0.511. The molecule has 5 heteroatoms. The van der Waals surface area contributed by atoms with Crippen LogP contribution in [0.1, 0.15) is 0 Å². The molecule has 0 N–H and O–H groups in total. The summed E-state index contributed by atoms with van der Waals surface area (Å²) in [6.07, 6.45) is 0. The molecular weight excluding hydrogens is 349 g/mol. The minimum Gasteiger partial charge on any atom is -0.228 e. The zero-order chi connectivity index (χ0) is 18.8. The Balaban J connectivity index is 1.99. The van der Waals surface area contributed by atoms with E-state index >= 15 is 0 Å². The van der Waals surface area contributed by atoms with E-state index in [-0.39, 0.29) is 33.9 Å².